The standard InChI is InChI=1S/C16H11N3O2/c17-9-12-11(15-6-3-7-21-15)8-13(19-16(12)18)10-4-1-2-5-14(10)20/h1-8,20H,(H2,18,19). The number of para-hydroxylation sites is 1. The number of nitrogens with zero attached hydrogens (tertiary/aromatic N) is 2. The Hall–Kier alpha value is -3.26. The van der Waals surface area contributed by atoms with Crippen molar-refractivity contribution in [3.63, 3.8) is 0 Å². The molecule has 21 heavy (non-hydrogen) atoms. The van der Waals surface area contributed by atoms with Crippen molar-refractivity contribution in [2.24, 2.45) is 0 Å². The maximum atomic E-state index is 9.93. The summed E-state index contributed by atoms with van der Waals surface area (Å²) < 4.78 is 5.34. The van der Waals surface area contributed by atoms with Gasteiger partial charge in [0.15, 0.2) is 0 Å². The Morgan fingerprint density at radius 3 is 2.62 bits per heavy atom. The molecule has 0 aliphatic heterocycles. The van der Waals surface area contributed by atoms with Crippen LogP contribution in [0.4, 0.5) is 5.82 Å². The van der Waals surface area contributed by atoms with E-state index >= 15 is 0 Å². The number of rotatable bonds is 2. The topological polar surface area (TPSA) is 96.1 Å². The van der Waals surface area contributed by atoms with E-state index in [-0.39, 0.29) is 17.1 Å². The molecule has 0 aliphatic carbocycles. The smallest absolute Gasteiger partial charge is 0.142 e. The van der Waals surface area contributed by atoms with Crippen LogP contribution in [0.15, 0.2) is 53.1 Å². The van der Waals surface area contributed by atoms with Crippen molar-refractivity contribution in [1.82, 2.24) is 4.98 Å². The summed E-state index contributed by atoms with van der Waals surface area (Å²) in [4.78, 5) is 4.20. The number of nitriles is 1. The van der Waals surface area contributed by atoms with Gasteiger partial charge >= 0.3 is 0 Å². The molecule has 0 unspecified atom stereocenters. The molecule has 5 nitrogen and oxygen atoms in total. The Bertz CT molecular complexity index is 833. The number of aromatic hydroxyl groups is 1. The van der Waals surface area contributed by atoms with Crippen molar-refractivity contribution >= 4 is 5.82 Å². The van der Waals surface area contributed by atoms with E-state index in [0.29, 0.717) is 22.6 Å². The van der Waals surface area contributed by atoms with E-state index in [4.69, 9.17) is 10.2 Å². The van der Waals surface area contributed by atoms with E-state index < -0.39 is 0 Å². The summed E-state index contributed by atoms with van der Waals surface area (Å²) in [7, 11) is 0. The normalized spacial score (nSPS) is 10.2. The molecular formula is C16H11N3O2. The van der Waals surface area contributed by atoms with E-state index in [1.54, 1.807) is 42.5 Å². The van der Waals surface area contributed by atoms with Gasteiger partial charge in [-0.15, -0.1) is 0 Å². The first kappa shape index (κ1) is 12.8. The Morgan fingerprint density at radius 1 is 1.14 bits per heavy atom. The molecule has 1 aromatic carbocycles. The third-order valence-electron chi connectivity index (χ3n) is 3.13. The van der Waals surface area contributed by atoms with E-state index in [0.717, 1.165) is 0 Å². The molecule has 0 radical (unpaired) electrons. The predicted molar refractivity (Wildman–Crippen MR) is 78.2 cm³/mol. The summed E-state index contributed by atoms with van der Waals surface area (Å²) in [6.07, 6.45) is 1.52. The zero-order valence-corrected chi connectivity index (χ0v) is 10.9. The molecule has 0 bridgehead atoms. The summed E-state index contributed by atoms with van der Waals surface area (Å²) in [5, 5.41) is 19.2. The Labute approximate surface area is 120 Å². The van der Waals surface area contributed by atoms with Crippen LogP contribution in [-0.2, 0) is 0 Å². The van der Waals surface area contributed by atoms with Crippen LogP contribution in [0.25, 0.3) is 22.6 Å². The van der Waals surface area contributed by atoms with Gasteiger partial charge in [-0.05, 0) is 30.3 Å². The summed E-state index contributed by atoms with van der Waals surface area (Å²) in [5.41, 5.74) is 7.70. The summed E-state index contributed by atoms with van der Waals surface area (Å²) >= 11 is 0. The maximum absolute atomic E-state index is 9.93. The highest BCUT2D eigenvalue weighted by atomic mass is 16.3. The van der Waals surface area contributed by atoms with Crippen molar-refractivity contribution in [3.8, 4) is 34.4 Å². The number of pyridine rings is 1. The average molecular weight is 277 g/mol. The number of nitrogens with two attached hydrogens (primary N) is 1. The highest BCUT2D eigenvalue weighted by Crippen LogP contribution is 2.34. The maximum Gasteiger partial charge on any atom is 0.142 e. The van der Waals surface area contributed by atoms with E-state index in [1.807, 2.05) is 6.07 Å². The molecule has 3 N–H and O–H groups in total. The molecule has 102 valence electrons. The lowest BCUT2D eigenvalue weighted by molar-refractivity contribution is 0.477. The van der Waals surface area contributed by atoms with Crippen molar-refractivity contribution in [3.05, 3.63) is 54.3 Å². The van der Waals surface area contributed by atoms with Crippen LogP contribution >= 0.6 is 0 Å². The fraction of sp³-hybridized carbons (Fsp3) is 0. The number of phenolic OH excluding ortho intramolecular Hbond substituents is 1. The second kappa shape index (κ2) is 5.02. The van der Waals surface area contributed by atoms with E-state index in [9.17, 15) is 10.4 Å². The number of hydrogen-bond acceptors (Lipinski definition) is 5. The van der Waals surface area contributed by atoms with Crippen LogP contribution in [0, 0.1) is 11.3 Å². The van der Waals surface area contributed by atoms with Crippen LogP contribution in [0.2, 0.25) is 0 Å². The van der Waals surface area contributed by atoms with Gasteiger partial charge in [-0.25, -0.2) is 4.98 Å². The van der Waals surface area contributed by atoms with Crippen molar-refractivity contribution in [2.75, 3.05) is 5.73 Å². The van der Waals surface area contributed by atoms with E-state index in [1.165, 1.54) is 6.26 Å². The van der Waals surface area contributed by atoms with Gasteiger partial charge in [0.1, 0.15) is 29.0 Å². The van der Waals surface area contributed by atoms with E-state index in [2.05, 4.69) is 4.98 Å². The fourth-order valence-corrected chi connectivity index (χ4v) is 2.14. The minimum Gasteiger partial charge on any atom is -0.507 e. The molecule has 5 heteroatoms. The zero-order valence-electron chi connectivity index (χ0n) is 10.9. The summed E-state index contributed by atoms with van der Waals surface area (Å²) in [6.45, 7) is 0. The minimum absolute atomic E-state index is 0.0968. The van der Waals surface area contributed by atoms with Gasteiger partial charge in [-0.3, -0.25) is 0 Å². The van der Waals surface area contributed by atoms with Crippen molar-refractivity contribution in [1.29, 1.82) is 5.26 Å². The predicted octanol–water partition coefficient (Wildman–Crippen LogP) is 3.17. The average Bonchev–Trinajstić information content (AvgIpc) is 3.01. The van der Waals surface area contributed by atoms with Gasteiger partial charge in [0, 0.05) is 11.1 Å². The number of aromatic nitrogens is 1. The zero-order chi connectivity index (χ0) is 14.8. The third kappa shape index (κ3) is 2.19. The lowest BCUT2D eigenvalue weighted by Crippen LogP contribution is -1.99. The van der Waals surface area contributed by atoms with Crippen molar-refractivity contribution in [2.45, 2.75) is 0 Å². The van der Waals surface area contributed by atoms with Gasteiger partial charge in [0.05, 0.1) is 12.0 Å². The molecule has 0 saturated heterocycles. The minimum atomic E-state index is 0.0968. The van der Waals surface area contributed by atoms with Crippen molar-refractivity contribution < 1.29 is 9.52 Å². The first-order valence-electron chi connectivity index (χ1n) is 6.23. The van der Waals surface area contributed by atoms with Gasteiger partial charge in [-0.2, -0.15) is 5.26 Å². The highest BCUT2D eigenvalue weighted by Gasteiger charge is 2.16. The van der Waals surface area contributed by atoms with Crippen LogP contribution < -0.4 is 5.73 Å². The molecule has 3 rings (SSSR count). The summed E-state index contributed by atoms with van der Waals surface area (Å²) in [5.74, 6) is 0.724. The Balaban J connectivity index is 2.26. The molecule has 0 aliphatic rings. The molecule has 0 spiro atoms. The van der Waals surface area contributed by atoms with Crippen LogP contribution in [0.1, 0.15) is 5.56 Å². The quantitative estimate of drug-likeness (QED) is 0.750. The van der Waals surface area contributed by atoms with Gasteiger partial charge in [0.25, 0.3) is 0 Å². The molecule has 0 fully saturated rings. The summed E-state index contributed by atoms with van der Waals surface area (Å²) in [6, 6.07) is 14.0. The molecule has 0 saturated carbocycles. The first-order valence-corrected chi connectivity index (χ1v) is 6.23. The van der Waals surface area contributed by atoms with Gasteiger partial charge < -0.3 is 15.3 Å². The molecule has 0 atom stereocenters. The van der Waals surface area contributed by atoms with Crippen LogP contribution in [-0.4, -0.2) is 10.1 Å². The molecule has 2 heterocycles. The number of hydrogen-bond donors (Lipinski definition) is 2. The second-order valence-corrected chi connectivity index (χ2v) is 4.42. The first-order chi connectivity index (χ1) is 10.2. The molecule has 0 amide bonds. The number of phenols is 1. The monoisotopic (exact) mass is 277 g/mol. The number of nitrogen functional groups attached to an aromatic ring is 1. The SMILES string of the molecule is N#Cc1c(-c2ccco2)cc(-c2ccccc2O)nc1N. The molecular weight excluding hydrogens is 266 g/mol. The second-order valence-electron chi connectivity index (χ2n) is 4.42. The van der Waals surface area contributed by atoms with Gasteiger partial charge in [0.2, 0.25) is 0 Å². The largest absolute Gasteiger partial charge is 0.507 e. The molecule has 2 aromatic heterocycles. The lowest BCUT2D eigenvalue weighted by Gasteiger charge is -2.09. The highest BCUT2D eigenvalue weighted by molar-refractivity contribution is 5.79. The third-order valence-corrected chi connectivity index (χ3v) is 3.13. The number of furan rings is 1. The van der Waals surface area contributed by atoms with Crippen LogP contribution in [0.5, 0.6) is 5.75 Å². The molecule has 3 aromatic rings. The number of anilines is 1. The Kier molecular flexibility index (Phi) is 3.05. The fourth-order valence-electron chi connectivity index (χ4n) is 2.14. The lowest BCUT2D eigenvalue weighted by atomic mass is 10.0. The van der Waals surface area contributed by atoms with Crippen LogP contribution in [0.3, 0.4) is 0 Å². The van der Waals surface area contributed by atoms with Gasteiger partial charge in [-0.1, -0.05) is 12.1 Å². The number of benzene rings is 1. The Morgan fingerprint density at radius 2 is 1.95 bits per heavy atom.